The predicted octanol–water partition coefficient (Wildman–Crippen LogP) is 1.15. The van der Waals surface area contributed by atoms with Crippen molar-refractivity contribution < 1.29 is 8.42 Å². The second-order valence-corrected chi connectivity index (χ2v) is 7.54. The van der Waals surface area contributed by atoms with Crippen LogP contribution in [0.25, 0.3) is 0 Å². The molecule has 0 bridgehead atoms. The molecule has 7 heteroatoms. The highest BCUT2D eigenvalue weighted by molar-refractivity contribution is 7.89. The van der Waals surface area contributed by atoms with Crippen molar-refractivity contribution in [2.45, 2.75) is 24.4 Å². The van der Waals surface area contributed by atoms with E-state index in [1.54, 1.807) is 16.4 Å². The van der Waals surface area contributed by atoms with E-state index in [4.69, 9.17) is 0 Å². The molecule has 1 N–H and O–H groups in total. The largest absolute Gasteiger partial charge is 0.312 e. The molecule has 0 amide bonds. The van der Waals surface area contributed by atoms with E-state index in [-0.39, 0.29) is 18.4 Å². The molecule has 1 aliphatic heterocycles. The van der Waals surface area contributed by atoms with Crippen molar-refractivity contribution in [3.63, 3.8) is 0 Å². The summed E-state index contributed by atoms with van der Waals surface area (Å²) in [5.74, 6) is 0. The molecule has 1 saturated heterocycles. The van der Waals surface area contributed by atoms with E-state index in [9.17, 15) is 8.42 Å². The number of hydrogen-bond acceptors (Lipinski definition) is 4. The second kappa shape index (κ2) is 7.56. The lowest BCUT2D eigenvalue weighted by Crippen LogP contribution is -2.51. The van der Waals surface area contributed by atoms with Crippen LogP contribution in [0.3, 0.4) is 0 Å². The van der Waals surface area contributed by atoms with Crippen molar-refractivity contribution in [3.05, 3.63) is 29.8 Å². The highest BCUT2D eigenvalue weighted by atomic mass is 35.5. The molecule has 0 aromatic heterocycles. The SMILES string of the molecule is C[C@H]1CN(S(=O)(=O)c2ccc(CN(C)C)cc2)CCN1.Cl. The van der Waals surface area contributed by atoms with Gasteiger partial charge >= 0.3 is 0 Å². The summed E-state index contributed by atoms with van der Waals surface area (Å²) >= 11 is 0. The molecule has 1 aliphatic rings. The number of nitrogens with zero attached hydrogens (tertiary/aromatic N) is 2. The molecule has 1 aromatic carbocycles. The van der Waals surface area contributed by atoms with Crippen molar-refractivity contribution >= 4 is 22.4 Å². The van der Waals surface area contributed by atoms with Gasteiger partial charge in [-0.1, -0.05) is 12.1 Å². The van der Waals surface area contributed by atoms with E-state index in [2.05, 4.69) is 10.2 Å². The number of halogens is 1. The number of nitrogens with one attached hydrogen (secondary N) is 1. The minimum atomic E-state index is -3.36. The van der Waals surface area contributed by atoms with E-state index in [0.29, 0.717) is 24.5 Å². The Hall–Kier alpha value is -0.660. The van der Waals surface area contributed by atoms with Gasteiger partial charge in [0, 0.05) is 32.2 Å². The molecule has 0 spiro atoms. The van der Waals surface area contributed by atoms with Crippen LogP contribution in [0.15, 0.2) is 29.2 Å². The third-order valence-corrected chi connectivity index (χ3v) is 5.27. The molecule has 0 saturated carbocycles. The Morgan fingerprint density at radius 3 is 2.43 bits per heavy atom. The van der Waals surface area contributed by atoms with Crippen molar-refractivity contribution in [2.75, 3.05) is 33.7 Å². The molecule has 1 atom stereocenters. The summed E-state index contributed by atoms with van der Waals surface area (Å²) in [5, 5.41) is 3.25. The number of sulfonamides is 1. The van der Waals surface area contributed by atoms with Crippen molar-refractivity contribution in [2.24, 2.45) is 0 Å². The van der Waals surface area contributed by atoms with Crippen LogP contribution in [0.2, 0.25) is 0 Å². The smallest absolute Gasteiger partial charge is 0.243 e. The number of piperazine rings is 1. The van der Waals surface area contributed by atoms with Gasteiger partial charge in [0.25, 0.3) is 0 Å². The summed E-state index contributed by atoms with van der Waals surface area (Å²) < 4.78 is 26.7. The molecule has 1 heterocycles. The van der Waals surface area contributed by atoms with E-state index in [1.807, 2.05) is 33.2 Å². The lowest BCUT2D eigenvalue weighted by atomic mass is 10.2. The van der Waals surface area contributed by atoms with Gasteiger partial charge in [0.15, 0.2) is 0 Å². The third-order valence-electron chi connectivity index (χ3n) is 3.39. The minimum absolute atomic E-state index is 0. The zero-order valence-electron chi connectivity index (χ0n) is 12.7. The van der Waals surface area contributed by atoms with Crippen molar-refractivity contribution in [1.82, 2.24) is 14.5 Å². The zero-order valence-corrected chi connectivity index (χ0v) is 14.4. The fraction of sp³-hybridized carbons (Fsp3) is 0.571. The van der Waals surface area contributed by atoms with Crippen LogP contribution in [0.4, 0.5) is 0 Å². The van der Waals surface area contributed by atoms with Gasteiger partial charge in [-0.2, -0.15) is 4.31 Å². The van der Waals surface area contributed by atoms with Crippen LogP contribution < -0.4 is 5.32 Å². The minimum Gasteiger partial charge on any atom is -0.312 e. The Kier molecular flexibility index (Phi) is 6.62. The molecule has 1 aromatic rings. The van der Waals surface area contributed by atoms with Crippen LogP contribution in [0.1, 0.15) is 12.5 Å². The highest BCUT2D eigenvalue weighted by Crippen LogP contribution is 2.18. The molecule has 5 nitrogen and oxygen atoms in total. The molecular weight excluding hydrogens is 310 g/mol. The van der Waals surface area contributed by atoms with Crippen LogP contribution in [0, 0.1) is 0 Å². The lowest BCUT2D eigenvalue weighted by Gasteiger charge is -2.31. The van der Waals surface area contributed by atoms with Crippen molar-refractivity contribution in [3.8, 4) is 0 Å². The summed E-state index contributed by atoms with van der Waals surface area (Å²) in [6.45, 7) is 4.58. The van der Waals surface area contributed by atoms with Gasteiger partial charge in [-0.25, -0.2) is 8.42 Å². The first kappa shape index (κ1) is 18.4. The topological polar surface area (TPSA) is 52.7 Å². The van der Waals surface area contributed by atoms with Gasteiger partial charge < -0.3 is 10.2 Å². The molecule has 21 heavy (non-hydrogen) atoms. The molecule has 0 unspecified atom stereocenters. The predicted molar refractivity (Wildman–Crippen MR) is 87.3 cm³/mol. The summed E-state index contributed by atoms with van der Waals surface area (Å²) in [6, 6.07) is 7.39. The highest BCUT2D eigenvalue weighted by Gasteiger charge is 2.28. The van der Waals surface area contributed by atoms with Crippen LogP contribution in [0.5, 0.6) is 0 Å². The normalized spacial score (nSPS) is 20.3. The van der Waals surface area contributed by atoms with Gasteiger partial charge in [0.1, 0.15) is 0 Å². The van der Waals surface area contributed by atoms with Gasteiger partial charge in [0.05, 0.1) is 4.90 Å². The zero-order chi connectivity index (χ0) is 14.8. The Bertz CT molecular complexity index is 546. The average Bonchev–Trinajstić information content (AvgIpc) is 2.38. The Morgan fingerprint density at radius 2 is 1.90 bits per heavy atom. The van der Waals surface area contributed by atoms with Gasteiger partial charge in [0.2, 0.25) is 10.0 Å². The standard InChI is InChI=1S/C14H23N3O2S.ClH/c1-12-10-17(9-8-15-12)20(18,19)14-6-4-13(5-7-14)11-16(2)3;/h4-7,12,15H,8-11H2,1-3H3;1H/t12-;/m0./s1. The van der Waals surface area contributed by atoms with E-state index >= 15 is 0 Å². The maximum atomic E-state index is 12.6. The van der Waals surface area contributed by atoms with Crippen LogP contribution >= 0.6 is 12.4 Å². The van der Waals surface area contributed by atoms with Crippen molar-refractivity contribution in [1.29, 1.82) is 0 Å². The maximum Gasteiger partial charge on any atom is 0.243 e. The van der Waals surface area contributed by atoms with E-state index in [0.717, 1.165) is 12.1 Å². The van der Waals surface area contributed by atoms with E-state index < -0.39 is 10.0 Å². The second-order valence-electron chi connectivity index (χ2n) is 5.60. The Morgan fingerprint density at radius 1 is 1.29 bits per heavy atom. The number of hydrogen-bond donors (Lipinski definition) is 1. The summed E-state index contributed by atoms with van der Waals surface area (Å²) in [4.78, 5) is 2.44. The van der Waals surface area contributed by atoms with Crippen LogP contribution in [-0.4, -0.2) is 57.4 Å². The summed E-state index contributed by atoms with van der Waals surface area (Å²) in [6.07, 6.45) is 0. The van der Waals surface area contributed by atoms with Gasteiger partial charge in [-0.3, -0.25) is 0 Å². The Balaban J connectivity index is 0.00000220. The number of rotatable bonds is 4. The maximum absolute atomic E-state index is 12.6. The third kappa shape index (κ3) is 4.66. The fourth-order valence-corrected chi connectivity index (χ4v) is 3.93. The first-order valence-corrected chi connectivity index (χ1v) is 8.31. The summed E-state index contributed by atoms with van der Waals surface area (Å²) in [5.41, 5.74) is 1.11. The molecule has 120 valence electrons. The number of benzene rings is 1. The first-order chi connectivity index (χ1) is 9.39. The lowest BCUT2D eigenvalue weighted by molar-refractivity contribution is 0.310. The summed E-state index contributed by atoms with van der Waals surface area (Å²) in [7, 11) is 0.625. The monoisotopic (exact) mass is 333 g/mol. The molecule has 2 rings (SSSR count). The van der Waals surface area contributed by atoms with Gasteiger partial charge in [-0.15, -0.1) is 12.4 Å². The molecule has 1 fully saturated rings. The molecule has 0 radical (unpaired) electrons. The fourth-order valence-electron chi connectivity index (χ4n) is 2.40. The quantitative estimate of drug-likeness (QED) is 0.898. The Labute approximate surface area is 133 Å². The van der Waals surface area contributed by atoms with Gasteiger partial charge in [-0.05, 0) is 38.7 Å². The van der Waals surface area contributed by atoms with Crippen LogP contribution in [-0.2, 0) is 16.6 Å². The molecular formula is C14H24ClN3O2S. The average molecular weight is 334 g/mol. The first-order valence-electron chi connectivity index (χ1n) is 6.87. The van der Waals surface area contributed by atoms with E-state index in [1.165, 1.54) is 0 Å². The molecule has 0 aliphatic carbocycles.